The van der Waals surface area contributed by atoms with Gasteiger partial charge in [0, 0.05) is 28.5 Å². The lowest BCUT2D eigenvalue weighted by Crippen LogP contribution is -2.26. The molecule has 1 aromatic rings. The molecule has 0 aromatic heterocycles. The van der Waals surface area contributed by atoms with E-state index in [2.05, 4.69) is 17.6 Å². The molecule has 2 N–H and O–H groups in total. The molecule has 1 unspecified atom stereocenters. The maximum Gasteiger partial charge on any atom is 0.254 e. The smallest absolute Gasteiger partial charge is 0.254 e. The second-order valence-electron chi connectivity index (χ2n) is 5.62. The van der Waals surface area contributed by atoms with Gasteiger partial charge in [-0.2, -0.15) is 0 Å². The summed E-state index contributed by atoms with van der Waals surface area (Å²) in [5.74, 6) is -0.324. The molecule has 1 atom stereocenters. The van der Waals surface area contributed by atoms with Crippen molar-refractivity contribution in [3.05, 3.63) is 39.9 Å². The van der Waals surface area contributed by atoms with Crippen molar-refractivity contribution in [3.8, 4) is 0 Å². The van der Waals surface area contributed by atoms with E-state index in [0.29, 0.717) is 33.0 Å². The number of rotatable bonds is 3. The highest BCUT2D eigenvalue weighted by Crippen LogP contribution is 2.31. The molecule has 1 aliphatic heterocycles. The quantitative estimate of drug-likeness (QED) is 0.851. The predicted molar refractivity (Wildman–Crippen MR) is 96.4 cm³/mol. The van der Waals surface area contributed by atoms with Crippen LogP contribution in [0, 0.1) is 0 Å². The highest BCUT2D eigenvalue weighted by Gasteiger charge is 2.21. The summed E-state index contributed by atoms with van der Waals surface area (Å²) in [5.41, 5.74) is 1.33. The van der Waals surface area contributed by atoms with Gasteiger partial charge in [0.2, 0.25) is 5.91 Å². The summed E-state index contributed by atoms with van der Waals surface area (Å²) in [4.78, 5) is 24.1. The van der Waals surface area contributed by atoms with Crippen LogP contribution in [0.25, 0.3) is 0 Å². The third kappa shape index (κ3) is 5.59. The van der Waals surface area contributed by atoms with Crippen LogP contribution in [0.1, 0.15) is 39.5 Å². The number of amides is 2. The molecular formula is C17H21ClN2O2S. The first-order valence-corrected chi connectivity index (χ1v) is 8.96. The van der Waals surface area contributed by atoms with Gasteiger partial charge in [-0.05, 0) is 43.5 Å². The summed E-state index contributed by atoms with van der Waals surface area (Å²) in [6.07, 6.45) is 3.77. The molecule has 124 valence electrons. The first-order valence-electron chi connectivity index (χ1n) is 7.70. The molecule has 0 radical (unpaired) electrons. The van der Waals surface area contributed by atoms with E-state index >= 15 is 0 Å². The Morgan fingerprint density at radius 3 is 2.52 bits per heavy atom. The lowest BCUT2D eigenvalue weighted by Gasteiger charge is -2.21. The molecule has 6 heteroatoms. The van der Waals surface area contributed by atoms with Gasteiger partial charge in [0.15, 0.2) is 0 Å². The van der Waals surface area contributed by atoms with Gasteiger partial charge in [0.05, 0.1) is 5.03 Å². The molecule has 4 nitrogen and oxygen atoms in total. The molecule has 2 rings (SSSR count). The number of hydrogen-bond donors (Lipinski definition) is 2. The maximum absolute atomic E-state index is 12.6. The summed E-state index contributed by atoms with van der Waals surface area (Å²) < 4.78 is 0. The second-order valence-corrected chi connectivity index (χ2v) is 7.51. The first-order chi connectivity index (χ1) is 11.0. The third-order valence-electron chi connectivity index (χ3n) is 3.55. The van der Waals surface area contributed by atoms with Crippen LogP contribution in [0.2, 0.25) is 5.02 Å². The Bertz CT molecular complexity index is 614. The number of thioether (sulfide) groups is 1. The fourth-order valence-corrected chi connectivity index (χ4v) is 3.75. The van der Waals surface area contributed by atoms with E-state index in [-0.39, 0.29) is 11.8 Å². The normalized spacial score (nSPS) is 22.0. The molecule has 0 aliphatic carbocycles. The number of carbonyl (C=O) groups is 2. The Labute approximate surface area is 146 Å². The van der Waals surface area contributed by atoms with Gasteiger partial charge < -0.3 is 10.6 Å². The van der Waals surface area contributed by atoms with Crippen LogP contribution in [0.15, 0.2) is 34.9 Å². The summed E-state index contributed by atoms with van der Waals surface area (Å²) in [6.45, 7) is 3.58. The van der Waals surface area contributed by atoms with Gasteiger partial charge in [-0.3, -0.25) is 9.59 Å². The number of benzene rings is 1. The summed E-state index contributed by atoms with van der Waals surface area (Å²) in [7, 11) is 0. The third-order valence-corrected chi connectivity index (χ3v) is 5.02. The Morgan fingerprint density at radius 2 is 1.87 bits per heavy atom. The molecule has 1 aliphatic rings. The van der Waals surface area contributed by atoms with Gasteiger partial charge in [-0.25, -0.2) is 0 Å². The predicted octanol–water partition coefficient (Wildman–Crippen LogP) is 4.32. The average molecular weight is 353 g/mol. The number of halogens is 1. The zero-order valence-electron chi connectivity index (χ0n) is 13.3. The Hall–Kier alpha value is -1.46. The zero-order chi connectivity index (χ0) is 16.8. The molecule has 0 saturated carbocycles. The van der Waals surface area contributed by atoms with E-state index in [4.69, 9.17) is 11.6 Å². The lowest BCUT2D eigenvalue weighted by molar-refractivity contribution is -0.118. The van der Waals surface area contributed by atoms with E-state index in [9.17, 15) is 9.59 Å². The van der Waals surface area contributed by atoms with Crippen LogP contribution < -0.4 is 10.6 Å². The molecule has 0 fully saturated rings. The molecule has 23 heavy (non-hydrogen) atoms. The number of carbonyl (C=O) groups excluding carboxylic acids is 2. The monoisotopic (exact) mass is 352 g/mol. The Morgan fingerprint density at radius 1 is 1.17 bits per heavy atom. The molecule has 0 spiro atoms. The lowest BCUT2D eigenvalue weighted by atomic mass is 10.1. The molecule has 1 aromatic carbocycles. The molecule has 0 saturated heterocycles. The van der Waals surface area contributed by atoms with Crippen LogP contribution in [0.4, 0.5) is 5.69 Å². The van der Waals surface area contributed by atoms with E-state index < -0.39 is 0 Å². The standard InChI is InChI=1S/C17H21ClN2O2S/c1-11-5-3-4-6-15(17(23-11)19-12(2)21)16(22)20-14-9-7-13(18)8-10-14/h7-11H,3-6H2,1-2H3,(H,19,21)(H,20,22)/b17-15+. The van der Waals surface area contributed by atoms with Crippen molar-refractivity contribution in [2.24, 2.45) is 0 Å². The van der Waals surface area contributed by atoms with Crippen molar-refractivity contribution in [1.29, 1.82) is 0 Å². The summed E-state index contributed by atoms with van der Waals surface area (Å²) >= 11 is 7.42. The van der Waals surface area contributed by atoms with Crippen LogP contribution >= 0.6 is 23.4 Å². The van der Waals surface area contributed by atoms with Crippen molar-refractivity contribution < 1.29 is 9.59 Å². The van der Waals surface area contributed by atoms with Crippen molar-refractivity contribution >= 4 is 40.9 Å². The minimum absolute atomic E-state index is 0.155. The number of nitrogens with one attached hydrogen (secondary N) is 2. The van der Waals surface area contributed by atoms with Gasteiger partial charge >= 0.3 is 0 Å². The molecular weight excluding hydrogens is 332 g/mol. The fraction of sp³-hybridized carbons (Fsp3) is 0.412. The Kier molecular flexibility index (Phi) is 6.54. The van der Waals surface area contributed by atoms with Crippen molar-refractivity contribution in [1.82, 2.24) is 5.32 Å². The minimum atomic E-state index is -0.169. The van der Waals surface area contributed by atoms with Crippen LogP contribution in [-0.4, -0.2) is 17.1 Å². The van der Waals surface area contributed by atoms with Crippen LogP contribution in [0.3, 0.4) is 0 Å². The Balaban J connectivity index is 2.24. The van der Waals surface area contributed by atoms with Gasteiger partial charge in [-0.15, -0.1) is 11.8 Å². The molecule has 2 amide bonds. The molecule has 1 heterocycles. The summed E-state index contributed by atoms with van der Waals surface area (Å²) in [5, 5.41) is 7.38. The van der Waals surface area contributed by atoms with E-state index in [1.165, 1.54) is 6.92 Å². The average Bonchev–Trinajstić information content (AvgIpc) is 2.46. The first kappa shape index (κ1) is 17.9. The minimum Gasteiger partial charge on any atom is -0.322 e. The highest BCUT2D eigenvalue weighted by molar-refractivity contribution is 8.03. The van der Waals surface area contributed by atoms with Gasteiger partial charge in [0.1, 0.15) is 0 Å². The van der Waals surface area contributed by atoms with E-state index in [1.807, 2.05) is 0 Å². The molecule has 0 bridgehead atoms. The number of hydrogen-bond acceptors (Lipinski definition) is 3. The topological polar surface area (TPSA) is 58.2 Å². The van der Waals surface area contributed by atoms with Crippen LogP contribution in [-0.2, 0) is 9.59 Å². The van der Waals surface area contributed by atoms with Gasteiger partial charge in [-0.1, -0.05) is 24.9 Å². The van der Waals surface area contributed by atoms with Gasteiger partial charge in [0.25, 0.3) is 5.91 Å². The number of anilines is 1. The maximum atomic E-state index is 12.6. The van der Waals surface area contributed by atoms with Crippen LogP contribution in [0.5, 0.6) is 0 Å². The zero-order valence-corrected chi connectivity index (χ0v) is 14.9. The highest BCUT2D eigenvalue weighted by atomic mass is 35.5. The fourth-order valence-electron chi connectivity index (χ4n) is 2.40. The summed E-state index contributed by atoms with van der Waals surface area (Å²) in [6, 6.07) is 6.99. The largest absolute Gasteiger partial charge is 0.322 e. The van der Waals surface area contributed by atoms with E-state index in [0.717, 1.165) is 19.3 Å². The SMILES string of the molecule is CC(=O)N/C1=C(\C(=O)Nc2ccc(Cl)cc2)CCCCC(C)S1. The second kappa shape index (κ2) is 8.41. The van der Waals surface area contributed by atoms with Crippen molar-refractivity contribution in [3.63, 3.8) is 0 Å². The van der Waals surface area contributed by atoms with Crippen molar-refractivity contribution in [2.75, 3.05) is 5.32 Å². The van der Waals surface area contributed by atoms with Crippen molar-refractivity contribution in [2.45, 2.75) is 44.8 Å². The van der Waals surface area contributed by atoms with E-state index in [1.54, 1.807) is 36.0 Å².